The maximum Gasteiger partial charge on any atom is 0.472 e. The quantitative estimate of drug-likeness (QED) is 0.0197. The predicted molar refractivity (Wildman–Crippen MR) is 325 cm³/mol. The van der Waals surface area contributed by atoms with Crippen molar-refractivity contribution >= 4 is 25.7 Å². The Bertz CT molecular complexity index is 1720. The van der Waals surface area contributed by atoms with Gasteiger partial charge in [0.05, 0.1) is 19.8 Å². The minimum Gasteiger partial charge on any atom is -0.462 e. The number of unbranched alkanes of at least 4 members (excludes halogenated alkanes) is 21. The molecular formula is C66H111O11P. The second-order valence-corrected chi connectivity index (χ2v) is 21.6. The zero-order valence-corrected chi connectivity index (χ0v) is 50.2. The lowest BCUT2D eigenvalue weighted by atomic mass is 10.1. The minimum absolute atomic E-state index is 0.119. The highest BCUT2D eigenvalue weighted by atomic mass is 31.2. The second-order valence-electron chi connectivity index (χ2n) is 20.1. The smallest absolute Gasteiger partial charge is 0.462 e. The van der Waals surface area contributed by atoms with Gasteiger partial charge in [-0.3, -0.25) is 23.4 Å². The lowest BCUT2D eigenvalue weighted by Gasteiger charge is -2.21. The molecule has 446 valence electrons. The predicted octanol–water partition coefficient (Wildman–Crippen LogP) is 18.6. The van der Waals surface area contributed by atoms with Crippen molar-refractivity contribution in [1.82, 2.24) is 0 Å². The standard InChI is InChI=1S/C66H111O11P/c1-4-7-10-13-16-19-22-25-28-30-31-33-36-39-42-45-48-51-54-57-66(70)77-63(59-73-64(68)55-52-49-46-43-40-37-35-32-29-26-23-20-17-14-11-8-5-2)61-75-78(71,72)74-60-62(58-67)76-65(69)56-53-50-47-44-41-38-34-27-24-21-18-15-12-9-6-3/h7,9-10,12,16,18-19,21,25-29,31,33-34,41,44,62-63,67H,4-6,8,11,13-15,17,20,22-24,30,32,35-40,42-43,45-61H2,1-3H3,(H,71,72)/b10-7-,12-9-,19-16-,21-18-,28-25-,29-26-,33-31-,34-27-,44-41-. The molecule has 3 atom stereocenters. The van der Waals surface area contributed by atoms with Gasteiger partial charge < -0.3 is 24.2 Å². The first-order valence-corrected chi connectivity index (χ1v) is 32.3. The van der Waals surface area contributed by atoms with Crippen LogP contribution in [0.15, 0.2) is 109 Å². The number of allylic oxidation sites excluding steroid dienone is 18. The second kappa shape index (κ2) is 59.3. The SMILES string of the molecule is CC/C=C\C/C=C\C/C=C\C/C=C\CCCCCCCCC(=O)OC(COC(=O)CCCCCCCCC/C=C\CCCCCCCC)COP(=O)(O)OCC(CO)OC(=O)CCCC/C=C\C/C=C\C/C=C\C/C=C\CC. The third-order valence-corrected chi connectivity index (χ3v) is 13.6. The third kappa shape index (κ3) is 56.8. The number of carbonyl (C=O) groups excluding carboxylic acids is 3. The van der Waals surface area contributed by atoms with Crippen molar-refractivity contribution in [2.45, 2.75) is 264 Å². The summed E-state index contributed by atoms with van der Waals surface area (Å²) in [4.78, 5) is 48.7. The molecule has 0 saturated carbocycles. The maximum absolute atomic E-state index is 12.9. The van der Waals surface area contributed by atoms with Gasteiger partial charge in [0.1, 0.15) is 12.7 Å². The number of esters is 3. The number of ether oxygens (including phenoxy) is 3. The van der Waals surface area contributed by atoms with Gasteiger partial charge in [0, 0.05) is 19.3 Å². The van der Waals surface area contributed by atoms with Crippen LogP contribution in [0, 0.1) is 0 Å². The molecule has 78 heavy (non-hydrogen) atoms. The Labute approximate surface area is 475 Å². The topological polar surface area (TPSA) is 155 Å². The van der Waals surface area contributed by atoms with Crippen LogP contribution in [-0.4, -0.2) is 66.5 Å². The van der Waals surface area contributed by atoms with E-state index in [2.05, 4.69) is 130 Å². The first kappa shape index (κ1) is 74.1. The van der Waals surface area contributed by atoms with Gasteiger partial charge in [0.2, 0.25) is 0 Å². The molecule has 0 saturated heterocycles. The van der Waals surface area contributed by atoms with E-state index >= 15 is 0 Å². The van der Waals surface area contributed by atoms with Crippen LogP contribution in [0.4, 0.5) is 0 Å². The van der Waals surface area contributed by atoms with Gasteiger partial charge in [-0.2, -0.15) is 0 Å². The molecule has 0 aromatic rings. The van der Waals surface area contributed by atoms with Crippen LogP contribution in [-0.2, 0) is 42.2 Å². The zero-order chi connectivity index (χ0) is 56.9. The van der Waals surface area contributed by atoms with Gasteiger partial charge in [0.25, 0.3) is 0 Å². The van der Waals surface area contributed by atoms with Crippen LogP contribution in [0.1, 0.15) is 252 Å². The number of hydrogen-bond donors (Lipinski definition) is 2. The van der Waals surface area contributed by atoms with E-state index in [-0.39, 0.29) is 25.9 Å². The summed E-state index contributed by atoms with van der Waals surface area (Å²) in [5, 5.41) is 9.83. The summed E-state index contributed by atoms with van der Waals surface area (Å²) in [5.41, 5.74) is 0. The highest BCUT2D eigenvalue weighted by molar-refractivity contribution is 7.47. The van der Waals surface area contributed by atoms with E-state index < -0.39 is 57.8 Å². The van der Waals surface area contributed by atoms with Crippen molar-refractivity contribution in [3.05, 3.63) is 109 Å². The van der Waals surface area contributed by atoms with Gasteiger partial charge in [-0.1, -0.05) is 220 Å². The van der Waals surface area contributed by atoms with E-state index in [0.717, 1.165) is 128 Å². The summed E-state index contributed by atoms with van der Waals surface area (Å²) in [6.07, 6.45) is 71.8. The first-order valence-electron chi connectivity index (χ1n) is 30.8. The third-order valence-electron chi connectivity index (χ3n) is 12.7. The van der Waals surface area contributed by atoms with Crippen LogP contribution in [0.3, 0.4) is 0 Å². The molecule has 0 bridgehead atoms. The summed E-state index contributed by atoms with van der Waals surface area (Å²) in [6.45, 7) is 4.35. The molecule has 0 aliphatic rings. The molecule has 0 aromatic carbocycles. The fourth-order valence-electron chi connectivity index (χ4n) is 8.04. The molecule has 11 nitrogen and oxygen atoms in total. The molecule has 0 spiro atoms. The monoisotopic (exact) mass is 1110 g/mol. The highest BCUT2D eigenvalue weighted by Crippen LogP contribution is 2.43. The molecule has 2 N–H and O–H groups in total. The number of phosphoric ester groups is 1. The molecule has 0 heterocycles. The zero-order valence-electron chi connectivity index (χ0n) is 49.3. The Hall–Kier alpha value is -3.86. The number of carbonyl (C=O) groups is 3. The molecule has 0 aliphatic heterocycles. The number of aliphatic hydroxyl groups is 1. The Balaban J connectivity index is 4.80. The van der Waals surface area contributed by atoms with Gasteiger partial charge >= 0.3 is 25.7 Å². The summed E-state index contributed by atoms with van der Waals surface area (Å²) in [6, 6.07) is 0. The van der Waals surface area contributed by atoms with Gasteiger partial charge in [-0.05, 0) is 122 Å². The van der Waals surface area contributed by atoms with Gasteiger partial charge in [-0.15, -0.1) is 0 Å². The Morgan fingerprint density at radius 3 is 1.06 bits per heavy atom. The summed E-state index contributed by atoms with van der Waals surface area (Å²) < 4.78 is 39.6. The van der Waals surface area contributed by atoms with Crippen LogP contribution in [0.2, 0.25) is 0 Å². The Morgan fingerprint density at radius 2 is 0.667 bits per heavy atom. The average Bonchev–Trinajstić information content (AvgIpc) is 3.43. The van der Waals surface area contributed by atoms with E-state index in [1.165, 1.54) is 64.2 Å². The van der Waals surface area contributed by atoms with Crippen LogP contribution in [0.25, 0.3) is 0 Å². The summed E-state index contributed by atoms with van der Waals surface area (Å²) >= 11 is 0. The lowest BCUT2D eigenvalue weighted by molar-refractivity contribution is -0.161. The summed E-state index contributed by atoms with van der Waals surface area (Å²) in [7, 11) is -4.77. The van der Waals surface area contributed by atoms with Crippen molar-refractivity contribution < 1.29 is 52.2 Å². The Morgan fingerprint density at radius 1 is 0.372 bits per heavy atom. The molecule has 0 fully saturated rings. The van der Waals surface area contributed by atoms with E-state index in [9.17, 15) is 28.9 Å². The molecule has 3 unspecified atom stereocenters. The van der Waals surface area contributed by atoms with Crippen LogP contribution >= 0.6 is 7.82 Å². The van der Waals surface area contributed by atoms with Gasteiger partial charge in [0.15, 0.2) is 6.10 Å². The Kier molecular flexibility index (Phi) is 56.3. The van der Waals surface area contributed by atoms with Crippen molar-refractivity contribution in [2.75, 3.05) is 26.4 Å². The van der Waals surface area contributed by atoms with E-state index in [0.29, 0.717) is 19.3 Å². The first-order chi connectivity index (χ1) is 38.2. The largest absolute Gasteiger partial charge is 0.472 e. The highest BCUT2D eigenvalue weighted by Gasteiger charge is 2.28. The average molecular weight is 1110 g/mol. The van der Waals surface area contributed by atoms with Crippen molar-refractivity contribution in [1.29, 1.82) is 0 Å². The number of aliphatic hydroxyl groups excluding tert-OH is 1. The van der Waals surface area contributed by atoms with E-state index in [1.54, 1.807) is 0 Å². The molecule has 0 rings (SSSR count). The summed E-state index contributed by atoms with van der Waals surface area (Å²) in [5.74, 6) is -1.53. The molecule has 0 aromatic heterocycles. The number of hydrogen-bond acceptors (Lipinski definition) is 10. The maximum atomic E-state index is 12.9. The number of rotatable bonds is 56. The van der Waals surface area contributed by atoms with Crippen molar-refractivity contribution in [2.24, 2.45) is 0 Å². The van der Waals surface area contributed by atoms with E-state index in [1.807, 2.05) is 0 Å². The van der Waals surface area contributed by atoms with Crippen LogP contribution < -0.4 is 0 Å². The lowest BCUT2D eigenvalue weighted by Crippen LogP contribution is -2.30. The number of phosphoric acid groups is 1. The normalized spacial score (nSPS) is 14.1. The molecular weight excluding hydrogens is 1000 g/mol. The molecule has 0 radical (unpaired) electrons. The fourth-order valence-corrected chi connectivity index (χ4v) is 8.82. The van der Waals surface area contributed by atoms with E-state index in [4.69, 9.17) is 23.3 Å². The van der Waals surface area contributed by atoms with Gasteiger partial charge in [-0.25, -0.2) is 4.57 Å². The molecule has 0 aliphatic carbocycles. The molecule has 0 amide bonds. The van der Waals surface area contributed by atoms with Crippen molar-refractivity contribution in [3.8, 4) is 0 Å². The fraction of sp³-hybridized carbons (Fsp3) is 0.682. The van der Waals surface area contributed by atoms with Crippen LogP contribution in [0.5, 0.6) is 0 Å². The van der Waals surface area contributed by atoms with Crippen molar-refractivity contribution in [3.63, 3.8) is 0 Å². The minimum atomic E-state index is -4.77. The molecule has 12 heteroatoms.